The van der Waals surface area contributed by atoms with Gasteiger partial charge in [-0.05, 0) is 35.9 Å². The van der Waals surface area contributed by atoms with Crippen LogP contribution < -0.4 is 0 Å². The smallest absolute Gasteiger partial charge is 0.416 e. The van der Waals surface area contributed by atoms with Gasteiger partial charge in [-0.25, -0.2) is 0 Å². The van der Waals surface area contributed by atoms with Crippen LogP contribution >= 0.6 is 12.6 Å². The highest BCUT2D eigenvalue weighted by atomic mass is 32.1. The summed E-state index contributed by atoms with van der Waals surface area (Å²) in [5.41, 5.74) is -1.26. The van der Waals surface area contributed by atoms with Crippen LogP contribution in [0.4, 0.5) is 13.2 Å². The molecule has 0 aliphatic carbocycles. The van der Waals surface area contributed by atoms with E-state index in [2.05, 4.69) is 12.6 Å². The fourth-order valence-corrected chi connectivity index (χ4v) is 1.75. The standard InChI is InChI=1S/C11H13F3O3S/c12-11(13,14)7-3-6(4-8(15)5-7)10(17)9(16)1-2-18/h3-5,9-10,15-18H,1-2H2. The lowest BCUT2D eigenvalue weighted by Crippen LogP contribution is -2.19. The van der Waals surface area contributed by atoms with Crippen LogP contribution in [-0.2, 0) is 6.18 Å². The van der Waals surface area contributed by atoms with Crippen molar-refractivity contribution < 1.29 is 28.5 Å². The first-order valence-electron chi connectivity index (χ1n) is 5.14. The van der Waals surface area contributed by atoms with E-state index in [0.29, 0.717) is 12.1 Å². The first kappa shape index (κ1) is 15.1. The Bertz CT molecular complexity index is 409. The van der Waals surface area contributed by atoms with E-state index in [4.69, 9.17) is 0 Å². The topological polar surface area (TPSA) is 60.7 Å². The fraction of sp³-hybridized carbons (Fsp3) is 0.455. The molecule has 2 unspecified atom stereocenters. The van der Waals surface area contributed by atoms with Gasteiger partial charge < -0.3 is 15.3 Å². The summed E-state index contributed by atoms with van der Waals surface area (Å²) < 4.78 is 37.5. The fourth-order valence-electron chi connectivity index (χ4n) is 1.48. The van der Waals surface area contributed by atoms with Gasteiger partial charge in [-0.2, -0.15) is 25.8 Å². The van der Waals surface area contributed by atoms with Gasteiger partial charge in [-0.15, -0.1) is 0 Å². The van der Waals surface area contributed by atoms with Crippen molar-refractivity contribution >= 4 is 12.6 Å². The molecule has 0 radical (unpaired) electrons. The summed E-state index contributed by atoms with van der Waals surface area (Å²) in [4.78, 5) is 0. The van der Waals surface area contributed by atoms with Crippen LogP contribution in [-0.4, -0.2) is 27.2 Å². The number of rotatable bonds is 4. The van der Waals surface area contributed by atoms with Gasteiger partial charge in [0.1, 0.15) is 11.9 Å². The van der Waals surface area contributed by atoms with Gasteiger partial charge in [-0.1, -0.05) is 0 Å². The van der Waals surface area contributed by atoms with Gasteiger partial charge in [0.25, 0.3) is 0 Å². The number of benzene rings is 1. The van der Waals surface area contributed by atoms with E-state index in [9.17, 15) is 28.5 Å². The van der Waals surface area contributed by atoms with Crippen molar-refractivity contribution in [1.29, 1.82) is 0 Å². The molecule has 3 N–H and O–H groups in total. The zero-order valence-corrected chi connectivity index (χ0v) is 10.1. The largest absolute Gasteiger partial charge is 0.508 e. The lowest BCUT2D eigenvalue weighted by atomic mass is 10.00. The van der Waals surface area contributed by atoms with Gasteiger partial charge >= 0.3 is 6.18 Å². The Morgan fingerprint density at radius 2 is 1.78 bits per heavy atom. The molecule has 0 aliphatic heterocycles. The van der Waals surface area contributed by atoms with Gasteiger partial charge in [0.2, 0.25) is 0 Å². The molecular weight excluding hydrogens is 269 g/mol. The van der Waals surface area contributed by atoms with E-state index in [1.54, 1.807) is 0 Å². The summed E-state index contributed by atoms with van der Waals surface area (Å²) in [6.45, 7) is 0. The summed E-state index contributed by atoms with van der Waals surface area (Å²) in [5, 5.41) is 28.4. The maximum Gasteiger partial charge on any atom is 0.416 e. The predicted molar refractivity (Wildman–Crippen MR) is 62.5 cm³/mol. The van der Waals surface area contributed by atoms with Gasteiger partial charge in [-0.3, -0.25) is 0 Å². The van der Waals surface area contributed by atoms with Crippen molar-refractivity contribution in [3.05, 3.63) is 29.3 Å². The van der Waals surface area contributed by atoms with Crippen molar-refractivity contribution in [2.45, 2.75) is 24.8 Å². The highest BCUT2D eigenvalue weighted by Gasteiger charge is 2.32. The van der Waals surface area contributed by atoms with E-state index < -0.39 is 29.7 Å². The second-order valence-electron chi connectivity index (χ2n) is 3.84. The Hall–Kier alpha value is -0.920. The van der Waals surface area contributed by atoms with E-state index in [0.717, 1.165) is 6.07 Å². The van der Waals surface area contributed by atoms with Crippen molar-refractivity contribution in [3.8, 4) is 5.75 Å². The Balaban J connectivity index is 3.06. The summed E-state index contributed by atoms with van der Waals surface area (Å²) >= 11 is 3.85. The van der Waals surface area contributed by atoms with Crippen molar-refractivity contribution in [2.75, 3.05) is 5.75 Å². The highest BCUT2D eigenvalue weighted by Crippen LogP contribution is 2.34. The molecule has 1 aromatic rings. The molecule has 0 spiro atoms. The predicted octanol–water partition coefficient (Wildman–Crippen LogP) is 2.13. The van der Waals surface area contributed by atoms with Crippen LogP contribution in [0.1, 0.15) is 23.7 Å². The third-order valence-corrected chi connectivity index (χ3v) is 2.66. The quantitative estimate of drug-likeness (QED) is 0.640. The number of halogens is 3. The summed E-state index contributed by atoms with van der Waals surface area (Å²) in [7, 11) is 0. The minimum atomic E-state index is -4.62. The normalized spacial score (nSPS) is 15.4. The number of aliphatic hydroxyl groups is 2. The third-order valence-electron chi connectivity index (χ3n) is 2.40. The second-order valence-corrected chi connectivity index (χ2v) is 4.28. The molecule has 0 bridgehead atoms. The van der Waals surface area contributed by atoms with Gasteiger partial charge in [0.05, 0.1) is 11.7 Å². The van der Waals surface area contributed by atoms with Crippen molar-refractivity contribution in [3.63, 3.8) is 0 Å². The number of phenolic OH excluding ortho intramolecular Hbond substituents is 1. The maximum absolute atomic E-state index is 12.5. The number of aliphatic hydroxyl groups excluding tert-OH is 2. The van der Waals surface area contributed by atoms with Gasteiger partial charge in [0, 0.05) is 0 Å². The third kappa shape index (κ3) is 3.79. The van der Waals surface area contributed by atoms with Crippen LogP contribution in [0, 0.1) is 0 Å². The van der Waals surface area contributed by atoms with E-state index in [1.165, 1.54) is 0 Å². The molecule has 3 nitrogen and oxygen atoms in total. The molecule has 0 heterocycles. The summed E-state index contributed by atoms with van der Waals surface area (Å²) in [6.07, 6.45) is -7.22. The first-order chi connectivity index (χ1) is 8.25. The molecule has 2 atom stereocenters. The molecule has 0 aliphatic rings. The monoisotopic (exact) mass is 282 g/mol. The Morgan fingerprint density at radius 1 is 1.17 bits per heavy atom. The lowest BCUT2D eigenvalue weighted by molar-refractivity contribution is -0.137. The molecule has 0 saturated heterocycles. The maximum atomic E-state index is 12.5. The average molecular weight is 282 g/mol. The van der Waals surface area contributed by atoms with E-state index in [1.807, 2.05) is 0 Å². The number of phenols is 1. The number of alkyl halides is 3. The lowest BCUT2D eigenvalue weighted by Gasteiger charge is -2.19. The molecule has 18 heavy (non-hydrogen) atoms. The Kier molecular flexibility index (Phi) is 4.89. The number of hydrogen-bond donors (Lipinski definition) is 4. The molecule has 7 heteroatoms. The number of aromatic hydroxyl groups is 1. The van der Waals surface area contributed by atoms with Crippen LogP contribution in [0.25, 0.3) is 0 Å². The van der Waals surface area contributed by atoms with Crippen LogP contribution in [0.15, 0.2) is 18.2 Å². The Labute approximate surface area is 107 Å². The zero-order valence-electron chi connectivity index (χ0n) is 9.22. The molecule has 0 aromatic heterocycles. The molecular formula is C11H13F3O3S. The van der Waals surface area contributed by atoms with Crippen molar-refractivity contribution in [1.82, 2.24) is 0 Å². The highest BCUT2D eigenvalue weighted by molar-refractivity contribution is 7.80. The molecule has 0 amide bonds. The SMILES string of the molecule is Oc1cc(C(O)C(O)CCS)cc(C(F)(F)F)c1. The van der Waals surface area contributed by atoms with E-state index >= 15 is 0 Å². The van der Waals surface area contributed by atoms with Crippen LogP contribution in [0.3, 0.4) is 0 Å². The summed E-state index contributed by atoms with van der Waals surface area (Å²) in [5.74, 6) is -0.333. The number of thiol groups is 1. The minimum Gasteiger partial charge on any atom is -0.508 e. The zero-order chi connectivity index (χ0) is 13.9. The van der Waals surface area contributed by atoms with Crippen LogP contribution in [0.5, 0.6) is 5.75 Å². The molecule has 1 rings (SSSR count). The summed E-state index contributed by atoms with van der Waals surface area (Å²) in [6, 6.07) is 2.25. The van der Waals surface area contributed by atoms with Crippen LogP contribution in [0.2, 0.25) is 0 Å². The number of hydrogen-bond acceptors (Lipinski definition) is 4. The first-order valence-corrected chi connectivity index (χ1v) is 5.77. The molecule has 102 valence electrons. The van der Waals surface area contributed by atoms with Crippen molar-refractivity contribution in [2.24, 2.45) is 0 Å². The second kappa shape index (κ2) is 5.81. The molecule has 0 saturated carbocycles. The average Bonchev–Trinajstić information content (AvgIpc) is 2.26. The Morgan fingerprint density at radius 3 is 2.28 bits per heavy atom. The molecule has 1 aromatic carbocycles. The minimum absolute atomic E-state index is 0.126. The molecule has 0 fully saturated rings. The van der Waals surface area contributed by atoms with E-state index in [-0.39, 0.29) is 17.7 Å². The van der Waals surface area contributed by atoms with Gasteiger partial charge in [0.15, 0.2) is 0 Å².